The topological polar surface area (TPSA) is 48.7 Å². The molecular weight excluding hydrogens is 298 g/mol. The molecule has 1 aromatic rings. The Bertz CT molecular complexity index is 452. The lowest BCUT2D eigenvalue weighted by atomic mass is 10.0. The Hall–Kier alpha value is -0.980. The molecule has 1 amide bonds. The molecule has 2 aliphatic heterocycles. The Morgan fingerprint density at radius 2 is 2.05 bits per heavy atom. The molecule has 122 valence electrons. The van der Waals surface area contributed by atoms with E-state index in [1.165, 1.54) is 37.4 Å². The molecule has 2 fully saturated rings. The van der Waals surface area contributed by atoms with Gasteiger partial charge in [-0.15, -0.1) is 0 Å². The van der Waals surface area contributed by atoms with Crippen LogP contribution in [0.15, 0.2) is 22.8 Å². The number of nitrogens with zero attached hydrogens (tertiary/aromatic N) is 2. The summed E-state index contributed by atoms with van der Waals surface area (Å²) in [6, 6.07) is 4.44. The Labute approximate surface area is 136 Å². The molecule has 3 rings (SSSR count). The summed E-state index contributed by atoms with van der Waals surface area (Å²) in [5, 5.41) is 2.92. The quantitative estimate of drug-likeness (QED) is 0.888. The lowest BCUT2D eigenvalue weighted by Crippen LogP contribution is -2.49. The van der Waals surface area contributed by atoms with E-state index in [1.54, 1.807) is 6.26 Å². The van der Waals surface area contributed by atoms with Crippen molar-refractivity contribution < 1.29 is 9.21 Å². The fraction of sp³-hybridized carbons (Fsp3) is 0.688. The van der Waals surface area contributed by atoms with Crippen molar-refractivity contribution in [1.29, 1.82) is 0 Å². The zero-order valence-electron chi connectivity index (χ0n) is 13.0. The van der Waals surface area contributed by atoms with Gasteiger partial charge in [-0.25, -0.2) is 0 Å². The first-order valence-electron chi connectivity index (χ1n) is 8.14. The van der Waals surface area contributed by atoms with Crippen LogP contribution in [0.3, 0.4) is 0 Å². The maximum Gasteiger partial charge on any atom is 0.234 e. The Morgan fingerprint density at radius 1 is 1.27 bits per heavy atom. The summed E-state index contributed by atoms with van der Waals surface area (Å²) < 4.78 is 5.22. The number of furan rings is 1. The maximum absolute atomic E-state index is 12.0. The van der Waals surface area contributed by atoms with Crippen molar-refractivity contribution in [2.75, 3.05) is 44.2 Å². The van der Waals surface area contributed by atoms with Gasteiger partial charge in [-0.3, -0.25) is 14.6 Å². The van der Waals surface area contributed by atoms with Gasteiger partial charge < -0.3 is 9.73 Å². The van der Waals surface area contributed by atoms with Gasteiger partial charge in [0.15, 0.2) is 0 Å². The van der Waals surface area contributed by atoms with Crippen molar-refractivity contribution in [2.45, 2.75) is 25.4 Å². The maximum atomic E-state index is 12.0. The largest absolute Gasteiger partial charge is 0.467 e. The van der Waals surface area contributed by atoms with Gasteiger partial charge in [-0.1, -0.05) is 0 Å². The molecule has 6 heteroatoms. The van der Waals surface area contributed by atoms with Gasteiger partial charge in [0.1, 0.15) is 5.76 Å². The number of amides is 1. The highest BCUT2D eigenvalue weighted by molar-refractivity contribution is 7.99. The van der Waals surface area contributed by atoms with Crippen LogP contribution in [0.25, 0.3) is 0 Å². The van der Waals surface area contributed by atoms with Crippen molar-refractivity contribution in [3.8, 4) is 0 Å². The third-order valence-electron chi connectivity index (χ3n) is 4.53. The van der Waals surface area contributed by atoms with Gasteiger partial charge in [-0.2, -0.15) is 11.8 Å². The molecule has 0 atom stereocenters. The van der Waals surface area contributed by atoms with Crippen LogP contribution in [0.1, 0.15) is 18.6 Å². The minimum absolute atomic E-state index is 0.0872. The molecule has 3 heterocycles. The summed E-state index contributed by atoms with van der Waals surface area (Å²) >= 11 is 2.06. The van der Waals surface area contributed by atoms with Crippen molar-refractivity contribution in [3.63, 3.8) is 0 Å². The highest BCUT2D eigenvalue weighted by Gasteiger charge is 2.26. The predicted octanol–water partition coefficient (Wildman–Crippen LogP) is 1.41. The second-order valence-electron chi connectivity index (χ2n) is 6.01. The molecule has 0 radical (unpaired) electrons. The first-order chi connectivity index (χ1) is 10.8. The molecule has 0 aliphatic carbocycles. The summed E-state index contributed by atoms with van der Waals surface area (Å²) in [4.78, 5) is 16.9. The van der Waals surface area contributed by atoms with Gasteiger partial charge in [-0.05, 0) is 25.0 Å². The number of piperidine rings is 1. The smallest absolute Gasteiger partial charge is 0.234 e. The van der Waals surface area contributed by atoms with E-state index in [2.05, 4.69) is 26.9 Å². The molecule has 2 aliphatic rings. The molecule has 1 aromatic heterocycles. The first kappa shape index (κ1) is 15.9. The third kappa shape index (κ3) is 4.51. The summed E-state index contributed by atoms with van der Waals surface area (Å²) in [6.07, 6.45) is 4.01. The fourth-order valence-corrected chi connectivity index (χ4v) is 4.17. The lowest BCUT2D eigenvalue weighted by molar-refractivity contribution is -0.122. The molecule has 0 bridgehead atoms. The Kier molecular flexibility index (Phi) is 5.81. The van der Waals surface area contributed by atoms with Gasteiger partial charge >= 0.3 is 0 Å². The predicted molar refractivity (Wildman–Crippen MR) is 88.9 cm³/mol. The second kappa shape index (κ2) is 8.04. The van der Waals surface area contributed by atoms with E-state index in [0.717, 1.165) is 24.9 Å². The summed E-state index contributed by atoms with van der Waals surface area (Å²) in [5.41, 5.74) is 0. The van der Waals surface area contributed by atoms with Crippen molar-refractivity contribution in [3.05, 3.63) is 24.2 Å². The molecule has 1 N–H and O–H groups in total. The highest BCUT2D eigenvalue weighted by Crippen LogP contribution is 2.20. The molecule has 0 saturated carbocycles. The number of likely N-dealkylation sites (tertiary alicyclic amines) is 1. The minimum Gasteiger partial charge on any atom is -0.467 e. The SMILES string of the molecule is O=C(CN1CCC(N2CCSCC2)CC1)NCc1ccco1. The van der Waals surface area contributed by atoms with Crippen LogP contribution in [-0.4, -0.2) is 66.0 Å². The van der Waals surface area contributed by atoms with E-state index in [9.17, 15) is 4.79 Å². The van der Waals surface area contributed by atoms with Crippen LogP contribution in [0.4, 0.5) is 0 Å². The van der Waals surface area contributed by atoms with Crippen molar-refractivity contribution in [1.82, 2.24) is 15.1 Å². The number of carbonyl (C=O) groups is 1. The van der Waals surface area contributed by atoms with Crippen LogP contribution < -0.4 is 5.32 Å². The summed E-state index contributed by atoms with van der Waals surface area (Å²) in [5.74, 6) is 3.43. The zero-order valence-corrected chi connectivity index (χ0v) is 13.8. The lowest BCUT2D eigenvalue weighted by Gasteiger charge is -2.39. The van der Waals surface area contributed by atoms with E-state index < -0.39 is 0 Å². The number of carbonyl (C=O) groups excluding carboxylic acids is 1. The molecule has 0 unspecified atom stereocenters. The van der Waals surface area contributed by atoms with Crippen LogP contribution in [0, 0.1) is 0 Å². The number of hydrogen-bond acceptors (Lipinski definition) is 5. The molecule has 0 spiro atoms. The third-order valence-corrected chi connectivity index (χ3v) is 5.47. The Morgan fingerprint density at radius 3 is 2.73 bits per heavy atom. The van der Waals surface area contributed by atoms with Crippen LogP contribution >= 0.6 is 11.8 Å². The van der Waals surface area contributed by atoms with Gasteiger partial charge in [0.05, 0.1) is 19.4 Å². The minimum atomic E-state index is 0.0872. The van der Waals surface area contributed by atoms with E-state index in [1.807, 2.05) is 12.1 Å². The second-order valence-corrected chi connectivity index (χ2v) is 7.24. The normalized spacial score (nSPS) is 21.8. The molecule has 2 saturated heterocycles. The number of hydrogen-bond donors (Lipinski definition) is 1. The summed E-state index contributed by atoms with van der Waals surface area (Å²) in [6.45, 7) is 5.51. The number of thioether (sulfide) groups is 1. The van der Waals surface area contributed by atoms with Crippen LogP contribution in [0.5, 0.6) is 0 Å². The summed E-state index contributed by atoms with van der Waals surface area (Å²) in [7, 11) is 0. The van der Waals surface area contributed by atoms with E-state index >= 15 is 0 Å². The van der Waals surface area contributed by atoms with Gasteiger partial charge in [0, 0.05) is 43.7 Å². The van der Waals surface area contributed by atoms with Gasteiger partial charge in [0.25, 0.3) is 0 Å². The Balaban J connectivity index is 1.35. The highest BCUT2D eigenvalue weighted by atomic mass is 32.2. The number of rotatable bonds is 5. The zero-order chi connectivity index (χ0) is 15.2. The van der Waals surface area contributed by atoms with Crippen molar-refractivity contribution in [2.24, 2.45) is 0 Å². The van der Waals surface area contributed by atoms with Crippen molar-refractivity contribution >= 4 is 17.7 Å². The molecule has 22 heavy (non-hydrogen) atoms. The number of nitrogens with one attached hydrogen (secondary N) is 1. The monoisotopic (exact) mass is 323 g/mol. The molecule has 5 nitrogen and oxygen atoms in total. The van der Waals surface area contributed by atoms with E-state index in [4.69, 9.17) is 4.42 Å². The first-order valence-corrected chi connectivity index (χ1v) is 9.30. The molecular formula is C16H25N3O2S. The average molecular weight is 323 g/mol. The van der Waals surface area contributed by atoms with E-state index in [0.29, 0.717) is 13.1 Å². The van der Waals surface area contributed by atoms with Gasteiger partial charge in [0.2, 0.25) is 5.91 Å². The van der Waals surface area contributed by atoms with Crippen LogP contribution in [0.2, 0.25) is 0 Å². The standard InChI is InChI=1S/C16H25N3O2S/c20-16(17-12-15-2-1-9-21-15)13-18-5-3-14(4-6-18)19-7-10-22-11-8-19/h1-2,9,14H,3-8,10-13H2,(H,17,20). The fourth-order valence-electron chi connectivity index (χ4n) is 3.24. The van der Waals surface area contributed by atoms with E-state index in [-0.39, 0.29) is 5.91 Å². The molecule has 0 aromatic carbocycles. The van der Waals surface area contributed by atoms with Crippen LogP contribution in [-0.2, 0) is 11.3 Å². The average Bonchev–Trinajstić information content (AvgIpc) is 3.08.